The van der Waals surface area contributed by atoms with Crippen molar-refractivity contribution in [2.24, 2.45) is 0 Å². The number of carboxylic acids is 5. The summed E-state index contributed by atoms with van der Waals surface area (Å²) < 4.78 is 19.5. The Hall–Kier alpha value is -13.7. The van der Waals surface area contributed by atoms with E-state index in [-0.39, 0.29) is 76.3 Å². The van der Waals surface area contributed by atoms with E-state index >= 15 is 0 Å². The van der Waals surface area contributed by atoms with Crippen molar-refractivity contribution in [1.82, 2.24) is 22.8 Å². The van der Waals surface area contributed by atoms with E-state index in [0.29, 0.717) is 162 Å². The topological polar surface area (TPSA) is 339 Å². The summed E-state index contributed by atoms with van der Waals surface area (Å²) in [6.07, 6.45) is 6.08. The lowest BCUT2D eigenvalue weighted by Crippen LogP contribution is -2.18. The molecule has 0 aliphatic carbocycles. The van der Waals surface area contributed by atoms with Crippen LogP contribution in [0.15, 0.2) is 247 Å². The van der Waals surface area contributed by atoms with Crippen LogP contribution in [0.1, 0.15) is 71.1 Å². The molecule has 0 radical (unpaired) electrons. The number of ether oxygens (including phenoxy) is 2. The van der Waals surface area contributed by atoms with E-state index in [1.54, 1.807) is 140 Å². The Labute approximate surface area is 790 Å². The highest BCUT2D eigenvalue weighted by molar-refractivity contribution is 9.10. The van der Waals surface area contributed by atoms with E-state index in [4.69, 9.17) is 90.6 Å². The van der Waals surface area contributed by atoms with Crippen LogP contribution in [0.25, 0.3) is 109 Å². The summed E-state index contributed by atoms with van der Waals surface area (Å²) in [5.74, 6) is -1.89. The van der Waals surface area contributed by atoms with E-state index in [0.717, 1.165) is 39.4 Å². The minimum absolute atomic E-state index is 0.0418. The van der Waals surface area contributed by atoms with Crippen LogP contribution in [0.2, 0.25) is 30.1 Å². The Bertz CT molecular complexity index is 7980. The molecule has 31 heteroatoms. The number of halogens is 7. The first kappa shape index (κ1) is 95.9. The molecule has 0 saturated heterocycles. The van der Waals surface area contributed by atoms with Gasteiger partial charge in [-0.3, -0.25) is 47.9 Å². The predicted molar refractivity (Wildman–Crippen MR) is 532 cm³/mol. The number of pyridine rings is 5. The molecule has 17 aromatic rings. The second-order valence-corrected chi connectivity index (χ2v) is 35.8. The number of nitrogens with zero attached hydrogens (tertiary/aromatic N) is 5. The zero-order chi connectivity index (χ0) is 95.4. The number of para-hydroxylation sites is 3. The highest BCUT2D eigenvalue weighted by atomic mass is 79.9. The fourth-order valence-electron chi connectivity index (χ4n) is 15.8. The zero-order valence-electron chi connectivity index (χ0n) is 71.8. The third-order valence-corrected chi connectivity index (χ3v) is 25.0. The van der Waals surface area contributed by atoms with Gasteiger partial charge in [0.25, 0.3) is 0 Å². The van der Waals surface area contributed by atoms with Crippen molar-refractivity contribution in [2.45, 2.75) is 97.9 Å². The smallest absolute Gasteiger partial charge is 0.323 e. The number of fused-ring (bicyclic) bond motifs is 10. The number of hydrogen-bond acceptors (Lipinski definition) is 14. The Morgan fingerprint density at radius 1 is 0.356 bits per heavy atom. The average molecular weight is 1960 g/mol. The molecule has 132 heavy (non-hydrogen) atoms. The first-order chi connectivity index (χ1) is 62.7. The van der Waals surface area contributed by atoms with Crippen LogP contribution in [0.4, 0.5) is 22.7 Å². The average Bonchev–Trinajstić information content (AvgIpc) is 0.747. The highest BCUT2D eigenvalue weighted by Gasteiger charge is 2.27. The molecule has 0 spiro atoms. The summed E-state index contributed by atoms with van der Waals surface area (Å²) in [6, 6.07) is 64.0. The molecule has 0 aliphatic heterocycles. The first-order valence-corrected chi connectivity index (χ1v) is 43.8. The Morgan fingerprint density at radius 3 is 1.08 bits per heavy atom. The lowest BCUT2D eigenvalue weighted by molar-refractivity contribution is -0.138. The number of methoxy groups -OCH3 is 2. The van der Waals surface area contributed by atoms with E-state index in [9.17, 15) is 68.4 Å². The lowest BCUT2D eigenvalue weighted by Gasteiger charge is -2.22. The number of aliphatic carboxylic acids is 5. The summed E-state index contributed by atoms with van der Waals surface area (Å²) in [4.78, 5) is 122. The molecular formula is C101H82BrCl6N7O17. The summed E-state index contributed by atoms with van der Waals surface area (Å²) >= 11 is 40.8. The van der Waals surface area contributed by atoms with Crippen LogP contribution >= 0.6 is 85.5 Å². The molecular weight excluding hydrogens is 1880 g/mol. The molecule has 0 atom stereocenters. The molecule has 0 unspecified atom stereocenters. The third kappa shape index (κ3) is 20.0. The number of benzene rings is 12. The fourth-order valence-corrected chi connectivity index (χ4v) is 17.6. The zero-order valence-corrected chi connectivity index (χ0v) is 78.0. The molecule has 0 bridgehead atoms. The number of terminal acetylenes is 1. The molecule has 5 heterocycles. The molecule has 12 aromatic carbocycles. The number of anilines is 4. The lowest BCUT2D eigenvalue weighted by atomic mass is 9.86. The summed E-state index contributed by atoms with van der Waals surface area (Å²) in [6.45, 7) is 11.5. The molecule has 672 valence electrons. The van der Waals surface area contributed by atoms with Gasteiger partial charge in [-0.15, -0.1) is 6.42 Å². The van der Waals surface area contributed by atoms with Crippen molar-refractivity contribution >= 4 is 247 Å². The maximum Gasteiger partial charge on any atom is 0.323 e. The minimum atomic E-state index is -1.04. The van der Waals surface area contributed by atoms with E-state index < -0.39 is 29.8 Å². The molecule has 0 saturated carbocycles. The van der Waals surface area contributed by atoms with Crippen molar-refractivity contribution in [3.63, 3.8) is 0 Å². The monoisotopic (exact) mass is 1950 g/mol. The third-order valence-electron chi connectivity index (χ3n) is 21.9. The van der Waals surface area contributed by atoms with Crippen molar-refractivity contribution in [1.29, 1.82) is 0 Å². The van der Waals surface area contributed by atoms with Gasteiger partial charge in [0.05, 0.1) is 120 Å². The normalized spacial score (nSPS) is 11.3. The molecule has 7 N–H and O–H groups in total. The van der Waals surface area contributed by atoms with Crippen LogP contribution in [0.5, 0.6) is 11.5 Å². The highest BCUT2D eigenvalue weighted by Crippen LogP contribution is 2.41. The molecule has 0 fully saturated rings. The van der Waals surface area contributed by atoms with Crippen LogP contribution in [0, 0.1) is 12.3 Å². The van der Waals surface area contributed by atoms with Crippen LogP contribution in [0.3, 0.4) is 0 Å². The molecule has 24 nitrogen and oxygen atoms in total. The number of nitrogens with one attached hydrogen (secondary N) is 2. The van der Waals surface area contributed by atoms with E-state index in [1.165, 1.54) is 14.2 Å². The van der Waals surface area contributed by atoms with E-state index in [2.05, 4.69) is 74.0 Å². The molecule has 0 amide bonds. The maximum atomic E-state index is 13.1. The quantitative estimate of drug-likeness (QED) is 0.0310. The van der Waals surface area contributed by atoms with Gasteiger partial charge < -0.3 is 68.5 Å². The van der Waals surface area contributed by atoms with Gasteiger partial charge in [0.1, 0.15) is 26.2 Å². The van der Waals surface area contributed by atoms with Gasteiger partial charge in [0, 0.05) is 78.8 Å². The van der Waals surface area contributed by atoms with Crippen molar-refractivity contribution in [3.05, 3.63) is 321 Å². The van der Waals surface area contributed by atoms with Crippen LogP contribution in [-0.4, -0.2) is 92.4 Å². The van der Waals surface area contributed by atoms with Crippen molar-refractivity contribution < 1.29 is 59.0 Å². The standard InChI is InChI=1S/C22H17ClN2O4.C21H14BrClN2O3.C21H18ClNO3.C20H20ClNO4.C17H13Cl2NO3/c1-29-22-17(23)10-9-16-20(22)25(12-19(26)27)18-11-14(7-8-15(18)21(16)28)24-13-5-3-2-4-6-13;22-19-16(23)9-8-15-20(19)25(11-18(26)27)17-10-13(6-7-14(17)21(15)28)24-12-4-2-1-3-5-12;1-5-13-16(22)9-8-15-19(13)23(11-18(24)25)17-10-12(21(2,3)4)6-7-14(17)20(15)26;1-20(2,3)11-5-6-12-15(9-11)22(10-16(23)24)17-13(18(12)25)7-8-14(21)19(17)26-4;18-12-8-7-11-16(15(12)19)20(9-3-6-14(21)22)13-5-2-1-4-10(13)17(11)23/h2-11,24H,12H2,1H3,(H,26,27);1-10,24H,11H2,(H,26,27);1,6-10H,11H2,2-4H3,(H,24,25);5-9H,10H2,1-4H3,(H,23,24);1-2,4-5,7-8H,3,6,9H2,(H,21,22). The van der Waals surface area contributed by atoms with Gasteiger partial charge in [-0.2, -0.15) is 0 Å². The second kappa shape index (κ2) is 40.0. The van der Waals surface area contributed by atoms with Crippen molar-refractivity contribution in [2.75, 3.05) is 24.9 Å². The summed E-state index contributed by atoms with van der Waals surface area (Å²) in [5, 5.41) is 59.6. The van der Waals surface area contributed by atoms with Gasteiger partial charge in [-0.25, -0.2) is 0 Å². The van der Waals surface area contributed by atoms with Crippen LogP contribution < -0.4 is 47.3 Å². The number of aromatic nitrogens is 5. The van der Waals surface area contributed by atoms with Gasteiger partial charge in [0.2, 0.25) is 0 Å². The van der Waals surface area contributed by atoms with E-state index in [1.807, 2.05) is 102 Å². The summed E-state index contributed by atoms with van der Waals surface area (Å²) in [5.41, 5.74) is 9.35. The Balaban J connectivity index is 0.000000141. The number of rotatable bonds is 18. The Kier molecular flexibility index (Phi) is 29.0. The summed E-state index contributed by atoms with van der Waals surface area (Å²) in [7, 11) is 2.89. The van der Waals surface area contributed by atoms with Gasteiger partial charge in [0.15, 0.2) is 38.6 Å². The maximum absolute atomic E-state index is 13.1. The first-order valence-electron chi connectivity index (χ1n) is 40.7. The largest absolute Gasteiger partial charge is 0.493 e. The number of aryl methyl sites for hydroxylation is 1. The number of carboxylic acid groups (broad SMARTS) is 5. The SMILES string of the molecule is C#Cc1c(Cl)ccc2c(=O)c3ccc(C(C)(C)C)cc3n(CC(=O)O)c12.COc1c(Cl)ccc2c(=O)c3ccc(C(C)(C)C)cc3n(CC(=O)O)c12.COc1c(Cl)ccc2c(=O)c3ccc(Nc4ccccc4)cc3n(CC(=O)O)c12.O=C(O)CCCn1c2ccccc2c(=O)c2ccc(Cl)c(Cl)c21.O=C(O)Cn1c2cc(Nc3ccccc3)ccc2c(=O)c2ccc(Cl)c(Br)c21. The van der Waals surface area contributed by atoms with Gasteiger partial charge >= 0.3 is 29.8 Å². The van der Waals surface area contributed by atoms with Crippen molar-refractivity contribution in [3.8, 4) is 23.8 Å². The molecule has 17 rings (SSSR count). The van der Waals surface area contributed by atoms with Gasteiger partial charge in [-0.05, 0) is 202 Å². The number of hydrogen-bond donors (Lipinski definition) is 7. The molecule has 5 aromatic heterocycles. The van der Waals surface area contributed by atoms with Crippen LogP contribution in [-0.2, 0) is 67.5 Å². The second-order valence-electron chi connectivity index (χ2n) is 32.6. The fraction of sp³-hybridized carbons (Fsp3) is 0.168. The Morgan fingerprint density at radius 2 is 0.682 bits per heavy atom. The minimum Gasteiger partial charge on any atom is -0.493 e. The number of carbonyl (C=O) groups is 5. The molecule has 0 aliphatic rings. The van der Waals surface area contributed by atoms with Gasteiger partial charge in [-0.1, -0.05) is 178 Å². The predicted octanol–water partition coefficient (Wildman–Crippen LogP) is 22.7.